The zero-order valence-electron chi connectivity index (χ0n) is 17.7. The normalized spacial score (nSPS) is 13.9. The number of hydrogen-bond acceptors (Lipinski definition) is 6. The van der Waals surface area contributed by atoms with Crippen molar-refractivity contribution in [3.05, 3.63) is 70.6 Å². The van der Waals surface area contributed by atoms with Gasteiger partial charge >= 0.3 is 0 Å². The first-order valence-corrected chi connectivity index (χ1v) is 10.7. The monoisotopic (exact) mass is 436 g/mol. The maximum absolute atomic E-state index is 12.7. The number of aryl methyl sites for hydroxylation is 2. The highest BCUT2D eigenvalue weighted by molar-refractivity contribution is 6.31. The van der Waals surface area contributed by atoms with E-state index in [0.29, 0.717) is 49.3 Å². The van der Waals surface area contributed by atoms with Gasteiger partial charge in [0.1, 0.15) is 23.3 Å². The molecule has 0 saturated carbocycles. The van der Waals surface area contributed by atoms with Crippen LogP contribution in [0.25, 0.3) is 0 Å². The van der Waals surface area contributed by atoms with Crippen LogP contribution >= 0.6 is 11.6 Å². The number of hydrogen-bond donors (Lipinski definition) is 1. The molecule has 0 atom stereocenters. The van der Waals surface area contributed by atoms with Crippen LogP contribution in [0.5, 0.6) is 0 Å². The van der Waals surface area contributed by atoms with E-state index in [2.05, 4.69) is 25.2 Å². The predicted octanol–water partition coefficient (Wildman–Crippen LogP) is 3.78. The van der Waals surface area contributed by atoms with Gasteiger partial charge in [-0.2, -0.15) is 0 Å². The number of rotatable bonds is 5. The topological polar surface area (TPSA) is 74.2 Å². The summed E-state index contributed by atoms with van der Waals surface area (Å²) in [5.41, 5.74) is 1.99. The number of halogens is 1. The summed E-state index contributed by atoms with van der Waals surface area (Å²) in [6.45, 7) is 6.63. The van der Waals surface area contributed by atoms with Crippen molar-refractivity contribution in [1.29, 1.82) is 0 Å². The molecule has 3 heterocycles. The zero-order chi connectivity index (χ0) is 21.8. The summed E-state index contributed by atoms with van der Waals surface area (Å²) in [5.74, 6) is 3.09. The molecule has 160 valence electrons. The van der Waals surface area contributed by atoms with Gasteiger partial charge in [-0.15, -0.1) is 0 Å². The van der Waals surface area contributed by atoms with E-state index in [4.69, 9.17) is 11.6 Å². The number of pyridine rings is 1. The van der Waals surface area contributed by atoms with E-state index in [9.17, 15) is 4.79 Å². The predicted molar refractivity (Wildman–Crippen MR) is 123 cm³/mol. The van der Waals surface area contributed by atoms with Crippen molar-refractivity contribution in [2.45, 2.75) is 20.3 Å². The lowest BCUT2D eigenvalue weighted by molar-refractivity contribution is -0.130. The number of nitrogens with zero attached hydrogens (tertiary/aromatic N) is 5. The molecular weight excluding hydrogens is 412 g/mol. The number of anilines is 3. The minimum Gasteiger partial charge on any atom is -0.353 e. The van der Waals surface area contributed by atoms with E-state index in [1.807, 2.05) is 61.2 Å². The first-order valence-electron chi connectivity index (χ1n) is 10.3. The van der Waals surface area contributed by atoms with Gasteiger partial charge in [0.05, 0.1) is 6.42 Å². The van der Waals surface area contributed by atoms with Crippen molar-refractivity contribution in [2.75, 3.05) is 36.4 Å². The molecule has 1 aliphatic heterocycles. The molecule has 31 heavy (non-hydrogen) atoms. The fourth-order valence-electron chi connectivity index (χ4n) is 3.62. The summed E-state index contributed by atoms with van der Waals surface area (Å²) in [4.78, 5) is 30.2. The van der Waals surface area contributed by atoms with Crippen LogP contribution < -0.4 is 10.2 Å². The van der Waals surface area contributed by atoms with Gasteiger partial charge in [0.25, 0.3) is 0 Å². The highest BCUT2D eigenvalue weighted by Gasteiger charge is 2.23. The molecule has 2 aromatic heterocycles. The third-order valence-electron chi connectivity index (χ3n) is 5.25. The molecule has 0 unspecified atom stereocenters. The van der Waals surface area contributed by atoms with Crippen LogP contribution in [0.4, 0.5) is 17.5 Å². The molecule has 1 aliphatic rings. The lowest BCUT2D eigenvalue weighted by Gasteiger charge is -2.35. The minimum absolute atomic E-state index is 0.0968. The van der Waals surface area contributed by atoms with Crippen LogP contribution in [0.2, 0.25) is 5.02 Å². The summed E-state index contributed by atoms with van der Waals surface area (Å²) in [6, 6.07) is 13.3. The largest absolute Gasteiger partial charge is 0.353 e. The first kappa shape index (κ1) is 21.1. The average molecular weight is 437 g/mol. The second-order valence-electron chi connectivity index (χ2n) is 7.64. The van der Waals surface area contributed by atoms with Gasteiger partial charge in [0, 0.05) is 43.5 Å². The van der Waals surface area contributed by atoms with E-state index in [1.165, 1.54) is 0 Å². The lowest BCUT2D eigenvalue weighted by atomic mass is 10.1. The van der Waals surface area contributed by atoms with E-state index in [-0.39, 0.29) is 5.91 Å². The number of carbonyl (C=O) groups excluding carboxylic acids is 1. The van der Waals surface area contributed by atoms with E-state index < -0.39 is 0 Å². The molecule has 0 spiro atoms. The van der Waals surface area contributed by atoms with E-state index >= 15 is 0 Å². The molecule has 1 N–H and O–H groups in total. The first-order chi connectivity index (χ1) is 15.0. The zero-order valence-corrected chi connectivity index (χ0v) is 18.4. The van der Waals surface area contributed by atoms with Gasteiger partial charge in [-0.05, 0) is 43.2 Å². The SMILES string of the molecule is Cc1ccnc(Nc2cc(N3CCN(C(=O)Cc4ccccc4Cl)CC3)nc(C)n2)c1. The summed E-state index contributed by atoms with van der Waals surface area (Å²) in [6.07, 6.45) is 2.09. The third-order valence-corrected chi connectivity index (χ3v) is 5.62. The van der Waals surface area contributed by atoms with Gasteiger partial charge in [-0.3, -0.25) is 4.79 Å². The van der Waals surface area contributed by atoms with Crippen LogP contribution in [0.3, 0.4) is 0 Å². The van der Waals surface area contributed by atoms with Gasteiger partial charge in [0.15, 0.2) is 0 Å². The Hall–Kier alpha value is -3.19. The molecule has 0 bridgehead atoms. The second kappa shape index (κ2) is 9.31. The number of aromatic nitrogens is 3. The molecule has 1 amide bonds. The fraction of sp³-hybridized carbons (Fsp3) is 0.304. The molecule has 1 fully saturated rings. The van der Waals surface area contributed by atoms with Crippen molar-refractivity contribution < 1.29 is 4.79 Å². The number of nitrogens with one attached hydrogen (secondary N) is 1. The van der Waals surface area contributed by atoms with E-state index in [1.54, 1.807) is 6.20 Å². The Bertz CT molecular complexity index is 1080. The Morgan fingerprint density at radius 2 is 1.81 bits per heavy atom. The van der Waals surface area contributed by atoms with Crippen LogP contribution in [-0.2, 0) is 11.2 Å². The molecule has 0 aliphatic carbocycles. The van der Waals surface area contributed by atoms with Crippen LogP contribution in [0.15, 0.2) is 48.7 Å². The van der Waals surface area contributed by atoms with Crippen LogP contribution in [0, 0.1) is 13.8 Å². The number of carbonyl (C=O) groups is 1. The number of amides is 1. The molecule has 0 radical (unpaired) electrons. The Morgan fingerprint density at radius 1 is 1.03 bits per heavy atom. The van der Waals surface area contributed by atoms with Gasteiger partial charge in [-0.1, -0.05) is 29.8 Å². The van der Waals surface area contributed by atoms with Crippen molar-refractivity contribution >= 4 is 35.0 Å². The van der Waals surface area contributed by atoms with Crippen molar-refractivity contribution in [3.63, 3.8) is 0 Å². The van der Waals surface area contributed by atoms with Gasteiger partial charge in [-0.25, -0.2) is 15.0 Å². The van der Waals surface area contributed by atoms with Crippen molar-refractivity contribution in [3.8, 4) is 0 Å². The minimum atomic E-state index is 0.0968. The Kier molecular flexibility index (Phi) is 6.32. The van der Waals surface area contributed by atoms with Crippen LogP contribution in [-0.4, -0.2) is 51.9 Å². The molecule has 8 heteroatoms. The van der Waals surface area contributed by atoms with Gasteiger partial charge < -0.3 is 15.1 Å². The van der Waals surface area contributed by atoms with Gasteiger partial charge in [0.2, 0.25) is 5.91 Å². The summed E-state index contributed by atoms with van der Waals surface area (Å²) in [7, 11) is 0. The molecule has 4 rings (SSSR count). The summed E-state index contributed by atoms with van der Waals surface area (Å²) < 4.78 is 0. The highest BCUT2D eigenvalue weighted by Crippen LogP contribution is 2.21. The maximum Gasteiger partial charge on any atom is 0.227 e. The Morgan fingerprint density at radius 3 is 2.55 bits per heavy atom. The summed E-state index contributed by atoms with van der Waals surface area (Å²) >= 11 is 6.20. The fourth-order valence-corrected chi connectivity index (χ4v) is 3.82. The Balaban J connectivity index is 1.40. The number of benzene rings is 1. The number of piperazine rings is 1. The highest BCUT2D eigenvalue weighted by atomic mass is 35.5. The molecule has 1 saturated heterocycles. The smallest absolute Gasteiger partial charge is 0.227 e. The summed E-state index contributed by atoms with van der Waals surface area (Å²) in [5, 5.41) is 3.89. The molecule has 1 aromatic carbocycles. The third kappa shape index (κ3) is 5.30. The Labute approximate surface area is 187 Å². The second-order valence-corrected chi connectivity index (χ2v) is 8.05. The molecule has 7 nitrogen and oxygen atoms in total. The van der Waals surface area contributed by atoms with Crippen LogP contribution in [0.1, 0.15) is 17.0 Å². The quantitative estimate of drug-likeness (QED) is 0.656. The maximum atomic E-state index is 12.7. The molecule has 3 aromatic rings. The standard InChI is InChI=1S/C23H25ClN6O/c1-16-7-8-25-20(13-16)28-21-15-22(27-17(2)26-21)29-9-11-30(12-10-29)23(31)14-18-5-3-4-6-19(18)24/h3-8,13,15H,9-12,14H2,1-2H3,(H,25,26,27,28). The van der Waals surface area contributed by atoms with E-state index in [0.717, 1.165) is 22.8 Å². The lowest BCUT2D eigenvalue weighted by Crippen LogP contribution is -2.49. The van der Waals surface area contributed by atoms with Crippen molar-refractivity contribution in [1.82, 2.24) is 19.9 Å². The average Bonchev–Trinajstić information content (AvgIpc) is 2.75. The molecular formula is C23H25ClN6O. The van der Waals surface area contributed by atoms with Crippen molar-refractivity contribution in [2.24, 2.45) is 0 Å².